The van der Waals surface area contributed by atoms with Gasteiger partial charge in [0.05, 0.1) is 13.1 Å². The second kappa shape index (κ2) is 7.25. The Balaban J connectivity index is 1.33. The number of hydrogen-bond donors (Lipinski definition) is 0. The molecule has 0 aromatic carbocycles. The van der Waals surface area contributed by atoms with Gasteiger partial charge in [0.25, 0.3) is 0 Å². The van der Waals surface area contributed by atoms with Gasteiger partial charge in [0.1, 0.15) is 5.82 Å². The lowest BCUT2D eigenvalue weighted by Crippen LogP contribution is -2.46. The van der Waals surface area contributed by atoms with Crippen LogP contribution in [0.3, 0.4) is 0 Å². The molecule has 1 aliphatic carbocycles. The first kappa shape index (κ1) is 16.7. The highest BCUT2D eigenvalue weighted by atomic mass is 16.5. The van der Waals surface area contributed by atoms with Crippen LogP contribution >= 0.6 is 0 Å². The molecule has 0 N–H and O–H groups in total. The van der Waals surface area contributed by atoms with Gasteiger partial charge in [-0.2, -0.15) is 4.98 Å². The van der Waals surface area contributed by atoms with Crippen LogP contribution in [0, 0.1) is 0 Å². The zero-order valence-corrected chi connectivity index (χ0v) is 15.3. The summed E-state index contributed by atoms with van der Waals surface area (Å²) in [6, 6.07) is 0.547. The van der Waals surface area contributed by atoms with Crippen molar-refractivity contribution in [3.8, 4) is 0 Å². The van der Waals surface area contributed by atoms with Gasteiger partial charge in [-0.05, 0) is 46.2 Å². The summed E-state index contributed by atoms with van der Waals surface area (Å²) in [7, 11) is 2.21. The number of likely N-dealkylation sites (tertiary alicyclic amines) is 1. The molecule has 1 saturated heterocycles. The zero-order valence-electron chi connectivity index (χ0n) is 15.3. The monoisotopic (exact) mass is 344 g/mol. The van der Waals surface area contributed by atoms with E-state index in [4.69, 9.17) is 4.52 Å². The van der Waals surface area contributed by atoms with Gasteiger partial charge in [-0.25, -0.2) is 4.98 Å². The minimum atomic E-state index is 0.531. The van der Waals surface area contributed by atoms with Crippen LogP contribution in [0.1, 0.15) is 56.1 Å². The molecule has 1 aliphatic heterocycles. The quantitative estimate of drug-likeness (QED) is 0.768. The van der Waals surface area contributed by atoms with Gasteiger partial charge in [-0.1, -0.05) is 5.16 Å². The predicted molar refractivity (Wildman–Crippen MR) is 93.9 cm³/mol. The summed E-state index contributed by atoms with van der Waals surface area (Å²) in [5.74, 6) is 3.36. The van der Waals surface area contributed by atoms with Crippen molar-refractivity contribution in [3.05, 3.63) is 29.9 Å². The second-order valence-corrected chi connectivity index (χ2v) is 7.40. The molecule has 3 heterocycles. The third kappa shape index (κ3) is 3.93. The Labute approximate surface area is 149 Å². The number of nitrogens with zero attached hydrogens (tertiary/aromatic N) is 6. The Bertz CT molecular complexity index is 691. The van der Waals surface area contributed by atoms with E-state index in [0.29, 0.717) is 12.0 Å². The standard InChI is InChI=1S/C18H28N6O/c1-3-24-10-8-19-17(24)13-22(2)15-5-4-9-23(11-15)12-16-20-18(25-21-16)14-6-7-14/h8,10,14-15H,3-7,9,11-13H2,1-2H3/t15-/m0/s1. The molecule has 1 atom stereocenters. The van der Waals surface area contributed by atoms with Crippen molar-refractivity contribution >= 4 is 0 Å². The van der Waals surface area contributed by atoms with Crippen LogP contribution in [0.4, 0.5) is 0 Å². The fourth-order valence-corrected chi connectivity index (χ4v) is 3.69. The maximum atomic E-state index is 5.39. The highest BCUT2D eigenvalue weighted by Crippen LogP contribution is 2.38. The van der Waals surface area contributed by atoms with E-state index >= 15 is 0 Å². The maximum Gasteiger partial charge on any atom is 0.229 e. The van der Waals surface area contributed by atoms with Crippen molar-refractivity contribution in [2.24, 2.45) is 0 Å². The third-order valence-corrected chi connectivity index (χ3v) is 5.41. The molecule has 0 amide bonds. The molecule has 2 fully saturated rings. The Morgan fingerprint density at radius 1 is 1.32 bits per heavy atom. The van der Waals surface area contributed by atoms with Gasteiger partial charge < -0.3 is 9.09 Å². The predicted octanol–water partition coefficient (Wildman–Crippen LogP) is 2.26. The molecule has 7 nitrogen and oxygen atoms in total. The average molecular weight is 344 g/mol. The fourth-order valence-electron chi connectivity index (χ4n) is 3.69. The Kier molecular flexibility index (Phi) is 4.85. The smallest absolute Gasteiger partial charge is 0.229 e. The van der Waals surface area contributed by atoms with Crippen LogP contribution < -0.4 is 0 Å². The van der Waals surface area contributed by atoms with E-state index in [1.807, 2.05) is 6.20 Å². The summed E-state index contributed by atoms with van der Waals surface area (Å²) >= 11 is 0. The van der Waals surface area contributed by atoms with Crippen molar-refractivity contribution in [2.45, 2.75) is 64.2 Å². The van der Waals surface area contributed by atoms with Gasteiger partial charge in [0, 0.05) is 37.4 Å². The topological polar surface area (TPSA) is 63.2 Å². The lowest BCUT2D eigenvalue weighted by molar-refractivity contribution is 0.102. The molecule has 2 aromatic rings. The van der Waals surface area contributed by atoms with Crippen LogP contribution in [0.15, 0.2) is 16.9 Å². The zero-order chi connectivity index (χ0) is 17.2. The van der Waals surface area contributed by atoms with E-state index < -0.39 is 0 Å². The highest BCUT2D eigenvalue weighted by Gasteiger charge is 2.30. The lowest BCUT2D eigenvalue weighted by Gasteiger charge is -2.37. The largest absolute Gasteiger partial charge is 0.339 e. The van der Waals surface area contributed by atoms with Crippen molar-refractivity contribution in [1.29, 1.82) is 0 Å². The number of imidazole rings is 1. The maximum absolute atomic E-state index is 5.39. The molecule has 0 radical (unpaired) electrons. The van der Waals surface area contributed by atoms with Crippen molar-refractivity contribution in [3.63, 3.8) is 0 Å². The summed E-state index contributed by atoms with van der Waals surface area (Å²) in [6.07, 6.45) is 8.80. The molecular weight excluding hydrogens is 316 g/mol. The van der Waals surface area contributed by atoms with E-state index in [1.165, 1.54) is 25.7 Å². The van der Waals surface area contributed by atoms with Crippen LogP contribution in [0.25, 0.3) is 0 Å². The molecule has 0 bridgehead atoms. The van der Waals surface area contributed by atoms with E-state index in [0.717, 1.165) is 50.3 Å². The van der Waals surface area contributed by atoms with E-state index in [1.54, 1.807) is 0 Å². The number of rotatable bonds is 7. The number of aromatic nitrogens is 4. The summed E-state index contributed by atoms with van der Waals surface area (Å²) in [6.45, 7) is 6.99. The van der Waals surface area contributed by atoms with Crippen LogP contribution in [-0.2, 0) is 19.6 Å². The summed E-state index contributed by atoms with van der Waals surface area (Å²) in [4.78, 5) is 14.0. The lowest BCUT2D eigenvalue weighted by atomic mass is 10.0. The van der Waals surface area contributed by atoms with Crippen LogP contribution in [-0.4, -0.2) is 55.7 Å². The molecule has 1 saturated carbocycles. The van der Waals surface area contributed by atoms with Gasteiger partial charge in [-0.15, -0.1) is 0 Å². The first-order valence-electron chi connectivity index (χ1n) is 9.48. The first-order valence-corrected chi connectivity index (χ1v) is 9.48. The Morgan fingerprint density at radius 2 is 2.20 bits per heavy atom. The summed E-state index contributed by atoms with van der Waals surface area (Å²) in [5.41, 5.74) is 0. The third-order valence-electron chi connectivity index (χ3n) is 5.41. The number of piperidine rings is 1. The van der Waals surface area contributed by atoms with E-state index in [9.17, 15) is 0 Å². The summed E-state index contributed by atoms with van der Waals surface area (Å²) < 4.78 is 7.61. The van der Waals surface area contributed by atoms with E-state index in [-0.39, 0.29) is 0 Å². The molecule has 0 unspecified atom stereocenters. The Hall–Kier alpha value is -1.73. The van der Waals surface area contributed by atoms with Gasteiger partial charge in [0.2, 0.25) is 5.89 Å². The number of hydrogen-bond acceptors (Lipinski definition) is 6. The van der Waals surface area contributed by atoms with E-state index in [2.05, 4.69) is 49.7 Å². The molecular formula is C18H28N6O. The van der Waals surface area contributed by atoms with Gasteiger partial charge in [0.15, 0.2) is 5.82 Å². The van der Waals surface area contributed by atoms with Crippen LogP contribution in [0.5, 0.6) is 0 Å². The second-order valence-electron chi connectivity index (χ2n) is 7.40. The Morgan fingerprint density at radius 3 is 3.00 bits per heavy atom. The van der Waals surface area contributed by atoms with Crippen molar-refractivity contribution in [2.75, 3.05) is 20.1 Å². The SMILES string of the molecule is CCn1ccnc1CN(C)[C@H]1CCCN(Cc2noc(C3CC3)n2)C1. The van der Waals surface area contributed by atoms with Crippen molar-refractivity contribution in [1.82, 2.24) is 29.5 Å². The van der Waals surface area contributed by atoms with Crippen molar-refractivity contribution < 1.29 is 4.52 Å². The number of aryl methyl sites for hydroxylation is 1. The van der Waals surface area contributed by atoms with Crippen LogP contribution in [0.2, 0.25) is 0 Å². The molecule has 7 heteroatoms. The normalized spacial score (nSPS) is 22.0. The molecule has 2 aromatic heterocycles. The average Bonchev–Trinajstić information content (AvgIpc) is 3.21. The molecule has 2 aliphatic rings. The summed E-state index contributed by atoms with van der Waals surface area (Å²) in [5, 5.41) is 4.17. The molecule has 0 spiro atoms. The first-order chi connectivity index (χ1) is 12.2. The molecule has 4 rings (SSSR count). The minimum absolute atomic E-state index is 0.531. The molecule has 136 valence electrons. The van der Waals surface area contributed by atoms with Gasteiger partial charge >= 0.3 is 0 Å². The highest BCUT2D eigenvalue weighted by molar-refractivity contribution is 5.02. The number of likely N-dealkylation sites (N-methyl/N-ethyl adjacent to an activating group) is 1. The van der Waals surface area contributed by atoms with Gasteiger partial charge in [-0.3, -0.25) is 9.80 Å². The minimum Gasteiger partial charge on any atom is -0.339 e. The molecule has 25 heavy (non-hydrogen) atoms. The fraction of sp³-hybridized carbons (Fsp3) is 0.722.